The summed E-state index contributed by atoms with van der Waals surface area (Å²) >= 11 is 0. The van der Waals surface area contributed by atoms with Crippen LogP contribution in [0.3, 0.4) is 0 Å². The molecule has 5 nitrogen and oxygen atoms in total. The van der Waals surface area contributed by atoms with E-state index in [1.54, 1.807) is 4.90 Å². The van der Waals surface area contributed by atoms with Gasteiger partial charge in [-0.15, -0.1) is 0 Å². The number of aliphatic hydroxyl groups excluding tert-OH is 1. The van der Waals surface area contributed by atoms with Gasteiger partial charge in [0.1, 0.15) is 6.04 Å². The zero-order chi connectivity index (χ0) is 11.5. The lowest BCUT2D eigenvalue weighted by Crippen LogP contribution is -2.47. The number of hydrogen-bond acceptors (Lipinski definition) is 4. The molecule has 0 aromatic heterocycles. The van der Waals surface area contributed by atoms with E-state index in [9.17, 15) is 4.79 Å². The van der Waals surface area contributed by atoms with Gasteiger partial charge in [0.15, 0.2) is 0 Å². The van der Waals surface area contributed by atoms with Crippen LogP contribution >= 0.6 is 0 Å². The highest BCUT2D eigenvalue weighted by Gasteiger charge is 2.36. The van der Waals surface area contributed by atoms with Gasteiger partial charge in [0.2, 0.25) is 5.91 Å². The smallest absolute Gasteiger partial charge is 0.240 e. The lowest BCUT2D eigenvalue weighted by molar-refractivity contribution is -0.133. The molecule has 0 aromatic carbocycles. The van der Waals surface area contributed by atoms with Crippen LogP contribution in [0.2, 0.25) is 0 Å². The summed E-state index contributed by atoms with van der Waals surface area (Å²) in [7, 11) is 0. The molecule has 2 rings (SSSR count). The van der Waals surface area contributed by atoms with E-state index >= 15 is 0 Å². The largest absolute Gasteiger partial charge is 0.395 e. The Hall–Kier alpha value is -1.12. The van der Waals surface area contributed by atoms with Crippen molar-refractivity contribution in [2.24, 2.45) is 0 Å². The third kappa shape index (κ3) is 2.04. The summed E-state index contributed by atoms with van der Waals surface area (Å²) in [5.41, 5.74) is 0. The van der Waals surface area contributed by atoms with Crippen molar-refractivity contribution < 1.29 is 9.90 Å². The van der Waals surface area contributed by atoms with Crippen LogP contribution in [-0.2, 0) is 4.79 Å². The SMILES string of the molecule is N#C[C@@H]1CCCN1C(=O)[C@H]1CC[C@H](CO)N1. The van der Waals surface area contributed by atoms with Crippen LogP contribution in [0.4, 0.5) is 0 Å². The molecule has 3 atom stereocenters. The van der Waals surface area contributed by atoms with E-state index in [1.165, 1.54) is 0 Å². The average molecular weight is 223 g/mol. The Labute approximate surface area is 95.0 Å². The first-order valence-corrected chi connectivity index (χ1v) is 5.83. The maximum atomic E-state index is 12.1. The Morgan fingerprint density at radius 3 is 2.94 bits per heavy atom. The monoisotopic (exact) mass is 223 g/mol. The molecule has 2 fully saturated rings. The van der Waals surface area contributed by atoms with E-state index in [4.69, 9.17) is 10.4 Å². The van der Waals surface area contributed by atoms with E-state index in [0.717, 1.165) is 25.7 Å². The van der Waals surface area contributed by atoms with Crippen LogP contribution < -0.4 is 5.32 Å². The summed E-state index contributed by atoms with van der Waals surface area (Å²) in [4.78, 5) is 13.8. The van der Waals surface area contributed by atoms with Gasteiger partial charge in [0.05, 0.1) is 18.7 Å². The minimum absolute atomic E-state index is 0.0278. The van der Waals surface area contributed by atoms with Crippen LogP contribution in [0.1, 0.15) is 25.7 Å². The number of hydrogen-bond donors (Lipinski definition) is 2. The van der Waals surface area contributed by atoms with Crippen molar-refractivity contribution in [1.29, 1.82) is 5.26 Å². The van der Waals surface area contributed by atoms with E-state index in [-0.39, 0.29) is 30.6 Å². The van der Waals surface area contributed by atoms with Gasteiger partial charge in [-0.3, -0.25) is 4.79 Å². The summed E-state index contributed by atoms with van der Waals surface area (Å²) < 4.78 is 0. The van der Waals surface area contributed by atoms with Crippen molar-refractivity contribution in [3.05, 3.63) is 0 Å². The Morgan fingerprint density at radius 1 is 1.50 bits per heavy atom. The first-order valence-electron chi connectivity index (χ1n) is 5.83. The third-order valence-electron chi connectivity index (χ3n) is 3.44. The standard InChI is InChI=1S/C11H17N3O2/c12-6-9-2-1-5-14(9)11(16)10-4-3-8(7-15)13-10/h8-10,13,15H,1-5,7H2/t8-,9+,10-/m1/s1. The van der Waals surface area contributed by atoms with Gasteiger partial charge in [-0.2, -0.15) is 5.26 Å². The molecule has 16 heavy (non-hydrogen) atoms. The van der Waals surface area contributed by atoms with Gasteiger partial charge < -0.3 is 15.3 Å². The van der Waals surface area contributed by atoms with E-state index < -0.39 is 0 Å². The van der Waals surface area contributed by atoms with Gasteiger partial charge >= 0.3 is 0 Å². The zero-order valence-electron chi connectivity index (χ0n) is 9.22. The molecule has 0 aliphatic carbocycles. The Balaban J connectivity index is 1.95. The fourth-order valence-corrected chi connectivity index (χ4v) is 2.52. The molecule has 2 aliphatic heterocycles. The van der Waals surface area contributed by atoms with Gasteiger partial charge in [-0.25, -0.2) is 0 Å². The first-order chi connectivity index (χ1) is 7.76. The Bertz CT molecular complexity index is 313. The van der Waals surface area contributed by atoms with Gasteiger partial charge in [-0.1, -0.05) is 0 Å². The second-order valence-corrected chi connectivity index (χ2v) is 4.49. The first kappa shape index (κ1) is 11.4. The van der Waals surface area contributed by atoms with Crippen molar-refractivity contribution in [2.45, 2.75) is 43.8 Å². The number of rotatable bonds is 2. The summed E-state index contributed by atoms with van der Waals surface area (Å²) in [6, 6.07) is 1.76. The lowest BCUT2D eigenvalue weighted by atomic mass is 10.1. The molecule has 88 valence electrons. The lowest BCUT2D eigenvalue weighted by Gasteiger charge is -2.23. The van der Waals surface area contributed by atoms with Gasteiger partial charge in [0, 0.05) is 12.6 Å². The second-order valence-electron chi connectivity index (χ2n) is 4.49. The number of carbonyl (C=O) groups is 1. The number of carbonyl (C=O) groups excluding carboxylic acids is 1. The normalized spacial score (nSPS) is 34.0. The molecule has 5 heteroatoms. The van der Waals surface area contributed by atoms with Crippen LogP contribution in [0.5, 0.6) is 0 Å². The Morgan fingerprint density at radius 2 is 2.31 bits per heavy atom. The highest BCUT2D eigenvalue weighted by molar-refractivity contribution is 5.83. The molecule has 0 saturated carbocycles. The van der Waals surface area contributed by atoms with Crippen LogP contribution in [0, 0.1) is 11.3 Å². The van der Waals surface area contributed by atoms with Gasteiger partial charge in [-0.05, 0) is 25.7 Å². The summed E-state index contributed by atoms with van der Waals surface area (Å²) in [6.07, 6.45) is 3.30. The topological polar surface area (TPSA) is 76.4 Å². The third-order valence-corrected chi connectivity index (χ3v) is 3.44. The molecule has 2 aliphatic rings. The number of nitriles is 1. The van der Waals surface area contributed by atoms with Gasteiger partial charge in [0.25, 0.3) is 0 Å². The summed E-state index contributed by atoms with van der Waals surface area (Å²) in [5, 5.41) is 21.0. The Kier molecular flexibility index (Phi) is 3.42. The van der Waals surface area contributed by atoms with Crippen molar-refractivity contribution in [3.63, 3.8) is 0 Å². The average Bonchev–Trinajstić information content (AvgIpc) is 2.96. The fraction of sp³-hybridized carbons (Fsp3) is 0.818. The molecular weight excluding hydrogens is 206 g/mol. The highest BCUT2D eigenvalue weighted by atomic mass is 16.3. The molecule has 2 heterocycles. The molecule has 2 saturated heterocycles. The van der Waals surface area contributed by atoms with E-state index in [1.807, 2.05) is 0 Å². The molecule has 0 bridgehead atoms. The maximum Gasteiger partial charge on any atom is 0.240 e. The van der Waals surface area contributed by atoms with Crippen molar-refractivity contribution in [1.82, 2.24) is 10.2 Å². The molecule has 0 radical (unpaired) electrons. The summed E-state index contributed by atoms with van der Waals surface area (Å²) in [6.45, 7) is 0.768. The number of nitrogens with zero attached hydrogens (tertiary/aromatic N) is 2. The number of likely N-dealkylation sites (tertiary alicyclic amines) is 1. The van der Waals surface area contributed by atoms with Crippen LogP contribution in [-0.4, -0.2) is 47.2 Å². The predicted octanol–water partition coefficient (Wildman–Crippen LogP) is -0.386. The number of nitrogens with one attached hydrogen (secondary N) is 1. The molecular formula is C11H17N3O2. The minimum atomic E-state index is -0.248. The van der Waals surface area contributed by atoms with Crippen LogP contribution in [0.25, 0.3) is 0 Å². The van der Waals surface area contributed by atoms with Crippen molar-refractivity contribution >= 4 is 5.91 Å². The van der Waals surface area contributed by atoms with Crippen molar-refractivity contribution in [3.8, 4) is 6.07 Å². The van der Waals surface area contributed by atoms with Crippen molar-refractivity contribution in [2.75, 3.05) is 13.2 Å². The molecule has 2 N–H and O–H groups in total. The molecule has 0 spiro atoms. The quantitative estimate of drug-likeness (QED) is 0.668. The highest BCUT2D eigenvalue weighted by Crippen LogP contribution is 2.21. The van der Waals surface area contributed by atoms with E-state index in [2.05, 4.69) is 11.4 Å². The van der Waals surface area contributed by atoms with Crippen LogP contribution in [0.15, 0.2) is 0 Å². The number of amides is 1. The van der Waals surface area contributed by atoms with E-state index in [0.29, 0.717) is 6.54 Å². The minimum Gasteiger partial charge on any atom is -0.395 e. The summed E-state index contributed by atoms with van der Waals surface area (Å²) in [5.74, 6) is 0.0278. The molecule has 0 unspecified atom stereocenters. The molecule has 0 aromatic rings. The maximum absolute atomic E-state index is 12.1. The zero-order valence-corrected chi connectivity index (χ0v) is 9.22. The number of aliphatic hydroxyl groups is 1. The molecule has 1 amide bonds. The fourth-order valence-electron chi connectivity index (χ4n) is 2.52. The second kappa shape index (κ2) is 4.81. The predicted molar refractivity (Wildman–Crippen MR) is 57.4 cm³/mol.